The van der Waals surface area contributed by atoms with Gasteiger partial charge in [0.25, 0.3) is 0 Å². The third-order valence-electron chi connectivity index (χ3n) is 3.62. The van der Waals surface area contributed by atoms with Crippen molar-refractivity contribution in [3.63, 3.8) is 0 Å². The van der Waals surface area contributed by atoms with E-state index < -0.39 is 0 Å². The molecular weight excluding hydrogens is 415 g/mol. The van der Waals surface area contributed by atoms with Gasteiger partial charge < -0.3 is 10.6 Å². The molecule has 4 nitrogen and oxygen atoms in total. The van der Waals surface area contributed by atoms with E-state index in [9.17, 15) is 0 Å². The summed E-state index contributed by atoms with van der Waals surface area (Å²) in [4.78, 5) is 8.87. The lowest BCUT2D eigenvalue weighted by Crippen LogP contribution is -2.42. The molecule has 2 N–H and O–H groups in total. The van der Waals surface area contributed by atoms with Crippen molar-refractivity contribution in [2.45, 2.75) is 50.4 Å². The van der Waals surface area contributed by atoms with E-state index in [0.717, 1.165) is 29.9 Å². The molecule has 0 spiro atoms. The number of nitrogens with one attached hydrogen (secondary N) is 2. The molecule has 2 rings (SSSR count). The van der Waals surface area contributed by atoms with Gasteiger partial charge in [-0.25, -0.2) is 4.98 Å². The molecule has 0 radical (unpaired) electrons. The topological polar surface area (TPSA) is 49.3 Å². The molecule has 1 saturated carbocycles. The highest BCUT2D eigenvalue weighted by atomic mass is 127. The Morgan fingerprint density at radius 2 is 2.33 bits per heavy atom. The molecule has 0 amide bonds. The van der Waals surface area contributed by atoms with Crippen molar-refractivity contribution in [1.29, 1.82) is 0 Å². The molecule has 120 valence electrons. The zero-order valence-corrected chi connectivity index (χ0v) is 16.9. The molecule has 0 saturated heterocycles. The molecule has 7 heteroatoms. The maximum Gasteiger partial charge on any atom is 0.191 e. The summed E-state index contributed by atoms with van der Waals surface area (Å²) in [5, 5.41) is 11.0. The molecule has 21 heavy (non-hydrogen) atoms. The van der Waals surface area contributed by atoms with Crippen LogP contribution >= 0.6 is 47.1 Å². The maximum atomic E-state index is 4.56. The monoisotopic (exact) mass is 440 g/mol. The van der Waals surface area contributed by atoms with Crippen molar-refractivity contribution < 1.29 is 0 Å². The van der Waals surface area contributed by atoms with Crippen LogP contribution in [0.4, 0.5) is 0 Å². The average molecular weight is 440 g/mol. The standard InChI is InChI=1S/C14H24N4S2.HI/c1-4-13-17-11(9-20-13)8-16-14(15-2)18-10-5-6-12(7-10)19-3;/h9-10,12H,4-8H2,1-3H3,(H2,15,16,18);1H. The second kappa shape index (κ2) is 9.89. The molecule has 0 bridgehead atoms. The summed E-state index contributed by atoms with van der Waals surface area (Å²) < 4.78 is 0. The summed E-state index contributed by atoms with van der Waals surface area (Å²) >= 11 is 3.71. The predicted octanol–water partition coefficient (Wildman–Crippen LogP) is 3.27. The number of hydrogen-bond donors (Lipinski definition) is 2. The van der Waals surface area contributed by atoms with E-state index >= 15 is 0 Å². The number of rotatable bonds is 5. The lowest BCUT2D eigenvalue weighted by Gasteiger charge is -2.16. The number of guanidine groups is 1. The van der Waals surface area contributed by atoms with Crippen molar-refractivity contribution in [2.24, 2.45) is 4.99 Å². The van der Waals surface area contributed by atoms with Crippen LogP contribution in [0.15, 0.2) is 10.4 Å². The Morgan fingerprint density at radius 1 is 1.52 bits per heavy atom. The molecule has 2 unspecified atom stereocenters. The smallest absolute Gasteiger partial charge is 0.191 e. The number of thioether (sulfide) groups is 1. The fourth-order valence-electron chi connectivity index (χ4n) is 2.44. The number of halogens is 1. The zero-order chi connectivity index (χ0) is 14.4. The molecule has 1 fully saturated rings. The van der Waals surface area contributed by atoms with Crippen LogP contribution < -0.4 is 10.6 Å². The van der Waals surface area contributed by atoms with Crippen molar-refractivity contribution >= 4 is 53.0 Å². The largest absolute Gasteiger partial charge is 0.354 e. The van der Waals surface area contributed by atoms with E-state index in [0.29, 0.717) is 6.04 Å². The average Bonchev–Trinajstić information content (AvgIpc) is 3.12. The van der Waals surface area contributed by atoms with E-state index in [1.54, 1.807) is 11.3 Å². The van der Waals surface area contributed by atoms with Gasteiger partial charge in [0.05, 0.1) is 17.2 Å². The van der Waals surface area contributed by atoms with E-state index in [-0.39, 0.29) is 24.0 Å². The first-order valence-corrected chi connectivity index (χ1v) is 9.35. The third-order valence-corrected chi connectivity index (χ3v) is 5.76. The molecule has 1 aromatic heterocycles. The molecule has 1 aliphatic carbocycles. The summed E-state index contributed by atoms with van der Waals surface area (Å²) in [6.07, 6.45) is 6.99. The van der Waals surface area contributed by atoms with Gasteiger partial charge in [-0.3, -0.25) is 4.99 Å². The van der Waals surface area contributed by atoms with Gasteiger partial charge in [0.15, 0.2) is 5.96 Å². The van der Waals surface area contributed by atoms with Crippen LogP contribution in [-0.2, 0) is 13.0 Å². The minimum Gasteiger partial charge on any atom is -0.354 e. The fraction of sp³-hybridized carbons (Fsp3) is 0.714. The van der Waals surface area contributed by atoms with Gasteiger partial charge in [0.2, 0.25) is 0 Å². The summed E-state index contributed by atoms with van der Waals surface area (Å²) in [6.45, 7) is 2.88. The number of nitrogens with zero attached hydrogens (tertiary/aromatic N) is 2. The highest BCUT2D eigenvalue weighted by molar-refractivity contribution is 14.0. The Balaban J connectivity index is 0.00000220. The van der Waals surface area contributed by atoms with Crippen molar-refractivity contribution in [3.8, 4) is 0 Å². The van der Waals surface area contributed by atoms with E-state index in [4.69, 9.17) is 0 Å². The molecule has 0 aromatic carbocycles. The van der Waals surface area contributed by atoms with E-state index in [1.807, 2.05) is 18.8 Å². The lowest BCUT2D eigenvalue weighted by molar-refractivity contribution is 0.614. The molecule has 0 aliphatic heterocycles. The van der Waals surface area contributed by atoms with Gasteiger partial charge in [-0.2, -0.15) is 11.8 Å². The number of aromatic nitrogens is 1. The Hall–Kier alpha value is -0.0200. The number of thiazole rings is 1. The highest BCUT2D eigenvalue weighted by Gasteiger charge is 2.24. The summed E-state index contributed by atoms with van der Waals surface area (Å²) in [5.74, 6) is 0.891. The molecule has 1 heterocycles. The van der Waals surface area contributed by atoms with Gasteiger partial charge in [-0.15, -0.1) is 35.3 Å². The van der Waals surface area contributed by atoms with Crippen molar-refractivity contribution in [1.82, 2.24) is 15.6 Å². The number of hydrogen-bond acceptors (Lipinski definition) is 4. The summed E-state index contributed by atoms with van der Waals surface area (Å²) in [5.41, 5.74) is 1.10. The van der Waals surface area contributed by atoms with E-state index in [2.05, 4.69) is 39.2 Å². The van der Waals surface area contributed by atoms with Crippen LogP contribution in [0.5, 0.6) is 0 Å². The Labute approximate surface area is 153 Å². The van der Waals surface area contributed by atoms with Crippen molar-refractivity contribution in [3.05, 3.63) is 16.1 Å². The molecular formula is C14H25IN4S2. The predicted molar refractivity (Wildman–Crippen MR) is 105 cm³/mol. The first kappa shape index (κ1) is 19.0. The summed E-state index contributed by atoms with van der Waals surface area (Å²) in [7, 11) is 1.83. The number of aryl methyl sites for hydroxylation is 1. The molecule has 2 atom stereocenters. The minimum absolute atomic E-state index is 0. The van der Waals surface area contributed by atoms with Gasteiger partial charge in [0.1, 0.15) is 0 Å². The summed E-state index contributed by atoms with van der Waals surface area (Å²) in [6, 6.07) is 0.556. The maximum absolute atomic E-state index is 4.56. The Bertz CT molecular complexity index is 450. The van der Waals surface area contributed by atoms with Crippen LogP contribution in [0, 0.1) is 0 Å². The fourth-order valence-corrected chi connectivity index (χ4v) is 3.98. The second-order valence-electron chi connectivity index (χ2n) is 5.02. The van der Waals surface area contributed by atoms with Crippen LogP contribution in [0.25, 0.3) is 0 Å². The zero-order valence-electron chi connectivity index (χ0n) is 12.9. The normalized spacial score (nSPS) is 22.0. The second-order valence-corrected chi connectivity index (χ2v) is 7.10. The Morgan fingerprint density at radius 3 is 2.90 bits per heavy atom. The van der Waals surface area contributed by atoms with Crippen LogP contribution in [0.1, 0.15) is 36.9 Å². The van der Waals surface area contributed by atoms with E-state index in [1.165, 1.54) is 24.3 Å². The Kier molecular flexibility index (Phi) is 8.96. The van der Waals surface area contributed by atoms with Gasteiger partial charge in [0, 0.05) is 23.7 Å². The van der Waals surface area contributed by atoms with Gasteiger partial charge >= 0.3 is 0 Å². The quantitative estimate of drug-likeness (QED) is 0.419. The SMILES string of the molecule is CCc1nc(CNC(=NC)NC2CCC(SC)C2)cs1.I. The molecule has 1 aromatic rings. The minimum atomic E-state index is 0. The van der Waals surface area contributed by atoms with Crippen LogP contribution in [-0.4, -0.2) is 35.5 Å². The van der Waals surface area contributed by atoms with Crippen LogP contribution in [0.3, 0.4) is 0 Å². The first-order chi connectivity index (χ1) is 9.75. The van der Waals surface area contributed by atoms with Gasteiger partial charge in [-0.1, -0.05) is 6.92 Å². The first-order valence-electron chi connectivity index (χ1n) is 7.18. The van der Waals surface area contributed by atoms with Gasteiger partial charge in [-0.05, 0) is 31.9 Å². The van der Waals surface area contributed by atoms with Crippen LogP contribution in [0.2, 0.25) is 0 Å². The number of aliphatic imine (C=N–C) groups is 1. The third kappa shape index (κ3) is 5.94. The van der Waals surface area contributed by atoms with Crippen molar-refractivity contribution in [2.75, 3.05) is 13.3 Å². The lowest BCUT2D eigenvalue weighted by atomic mass is 10.2. The highest BCUT2D eigenvalue weighted by Crippen LogP contribution is 2.27. The molecule has 1 aliphatic rings.